The molecule has 0 saturated carbocycles. The van der Waals surface area contributed by atoms with E-state index in [1.807, 2.05) is 18.2 Å². The predicted octanol–water partition coefficient (Wildman–Crippen LogP) is 4.60. The highest BCUT2D eigenvalue weighted by Gasteiger charge is 2.38. The Hall–Kier alpha value is -2.61. The van der Waals surface area contributed by atoms with Crippen molar-refractivity contribution >= 4 is 45.2 Å². The molecule has 0 saturated heterocycles. The molecule has 0 bridgehead atoms. The van der Waals surface area contributed by atoms with Gasteiger partial charge in [-0.2, -0.15) is 13.2 Å². The molecule has 0 aliphatic rings. The SMILES string of the molecule is O=C(/C=C/c1ccccc1Br)Nc1cccc(NC(=O)C(F)(F)F)c1. The van der Waals surface area contributed by atoms with Gasteiger partial charge in [0.05, 0.1) is 0 Å². The first-order valence-electron chi connectivity index (χ1n) is 6.97. The standard InChI is InChI=1S/C17H12BrF3N2O2/c18-14-7-2-1-4-11(14)8-9-15(24)22-12-5-3-6-13(10-12)23-16(25)17(19,20)21/h1-10H,(H,22,24)(H,23,25)/b9-8+. The third-order valence-corrected chi connectivity index (χ3v) is 3.69. The highest BCUT2D eigenvalue weighted by Crippen LogP contribution is 2.21. The zero-order chi connectivity index (χ0) is 18.4. The van der Waals surface area contributed by atoms with Crippen LogP contribution in [-0.2, 0) is 9.59 Å². The van der Waals surface area contributed by atoms with E-state index < -0.39 is 18.0 Å². The maximum absolute atomic E-state index is 12.2. The van der Waals surface area contributed by atoms with Crippen molar-refractivity contribution in [1.29, 1.82) is 0 Å². The van der Waals surface area contributed by atoms with Crippen LogP contribution in [0.1, 0.15) is 5.56 Å². The fourth-order valence-corrected chi connectivity index (χ4v) is 2.25. The van der Waals surface area contributed by atoms with Gasteiger partial charge >= 0.3 is 12.1 Å². The van der Waals surface area contributed by atoms with Crippen molar-refractivity contribution in [2.75, 3.05) is 10.6 Å². The van der Waals surface area contributed by atoms with Crippen LogP contribution in [0, 0.1) is 0 Å². The minimum Gasteiger partial charge on any atom is -0.322 e. The topological polar surface area (TPSA) is 58.2 Å². The molecule has 2 rings (SSSR count). The minimum atomic E-state index is -4.98. The molecule has 2 amide bonds. The summed E-state index contributed by atoms with van der Waals surface area (Å²) < 4.78 is 37.6. The molecule has 130 valence electrons. The summed E-state index contributed by atoms with van der Waals surface area (Å²) in [6.07, 6.45) is -2.10. The van der Waals surface area contributed by atoms with E-state index in [0.717, 1.165) is 10.0 Å². The van der Waals surface area contributed by atoms with Crippen molar-refractivity contribution in [2.45, 2.75) is 6.18 Å². The second kappa shape index (κ2) is 7.98. The van der Waals surface area contributed by atoms with Crippen LogP contribution in [0.3, 0.4) is 0 Å². The lowest BCUT2D eigenvalue weighted by molar-refractivity contribution is -0.167. The molecular formula is C17H12BrF3N2O2. The normalized spacial score (nSPS) is 11.4. The largest absolute Gasteiger partial charge is 0.471 e. The first kappa shape index (κ1) is 18.7. The van der Waals surface area contributed by atoms with Gasteiger partial charge in [-0.1, -0.05) is 40.2 Å². The Morgan fingerprint density at radius 1 is 0.960 bits per heavy atom. The van der Waals surface area contributed by atoms with Crippen LogP contribution >= 0.6 is 15.9 Å². The molecule has 0 aliphatic carbocycles. The van der Waals surface area contributed by atoms with Gasteiger partial charge in [-0.3, -0.25) is 9.59 Å². The highest BCUT2D eigenvalue weighted by molar-refractivity contribution is 9.10. The Labute approximate surface area is 149 Å². The van der Waals surface area contributed by atoms with Gasteiger partial charge in [-0.05, 0) is 35.9 Å². The monoisotopic (exact) mass is 412 g/mol. The number of nitrogens with one attached hydrogen (secondary N) is 2. The third-order valence-electron chi connectivity index (χ3n) is 2.96. The summed E-state index contributed by atoms with van der Waals surface area (Å²) in [6, 6.07) is 12.7. The number of alkyl halides is 3. The summed E-state index contributed by atoms with van der Waals surface area (Å²) in [5.74, 6) is -2.54. The fourth-order valence-electron chi connectivity index (χ4n) is 1.84. The fraction of sp³-hybridized carbons (Fsp3) is 0.0588. The van der Waals surface area contributed by atoms with Gasteiger partial charge in [0.1, 0.15) is 0 Å². The van der Waals surface area contributed by atoms with E-state index in [2.05, 4.69) is 21.2 Å². The second-order valence-electron chi connectivity index (χ2n) is 4.88. The molecular weight excluding hydrogens is 401 g/mol. The number of hydrogen-bond donors (Lipinski definition) is 2. The van der Waals surface area contributed by atoms with Crippen LogP contribution in [0.2, 0.25) is 0 Å². The molecule has 25 heavy (non-hydrogen) atoms. The van der Waals surface area contributed by atoms with E-state index in [1.54, 1.807) is 17.5 Å². The molecule has 4 nitrogen and oxygen atoms in total. The van der Waals surface area contributed by atoms with E-state index in [9.17, 15) is 22.8 Å². The lowest BCUT2D eigenvalue weighted by Crippen LogP contribution is -2.29. The third kappa shape index (κ3) is 5.75. The van der Waals surface area contributed by atoms with Crippen LogP contribution in [0.4, 0.5) is 24.5 Å². The Morgan fingerprint density at radius 3 is 2.24 bits per heavy atom. The Kier molecular flexibility index (Phi) is 5.97. The average molecular weight is 413 g/mol. The highest BCUT2D eigenvalue weighted by atomic mass is 79.9. The van der Waals surface area contributed by atoms with Crippen molar-refractivity contribution in [3.8, 4) is 0 Å². The predicted molar refractivity (Wildman–Crippen MR) is 92.9 cm³/mol. The summed E-state index contributed by atoms with van der Waals surface area (Å²) in [6.45, 7) is 0. The lowest BCUT2D eigenvalue weighted by atomic mass is 10.2. The zero-order valence-corrected chi connectivity index (χ0v) is 14.2. The number of halogens is 4. The lowest BCUT2D eigenvalue weighted by Gasteiger charge is -2.09. The summed E-state index contributed by atoms with van der Waals surface area (Å²) in [5, 5.41) is 4.23. The number of benzene rings is 2. The van der Waals surface area contributed by atoms with E-state index >= 15 is 0 Å². The minimum absolute atomic E-state index is 0.0742. The van der Waals surface area contributed by atoms with E-state index in [1.165, 1.54) is 30.3 Å². The summed E-state index contributed by atoms with van der Waals surface area (Å²) in [7, 11) is 0. The average Bonchev–Trinajstić information content (AvgIpc) is 2.53. The first-order chi connectivity index (χ1) is 11.8. The molecule has 0 radical (unpaired) electrons. The molecule has 0 aromatic heterocycles. The van der Waals surface area contributed by atoms with Crippen LogP contribution in [-0.4, -0.2) is 18.0 Å². The molecule has 8 heteroatoms. The van der Waals surface area contributed by atoms with Crippen molar-refractivity contribution in [1.82, 2.24) is 0 Å². The number of carbonyl (C=O) groups excluding carboxylic acids is 2. The Bertz CT molecular complexity index is 820. The van der Waals surface area contributed by atoms with Gasteiger partial charge in [0, 0.05) is 21.9 Å². The molecule has 0 spiro atoms. The summed E-state index contributed by atoms with van der Waals surface area (Å²) in [5.41, 5.74) is 0.973. The van der Waals surface area contributed by atoms with Gasteiger partial charge in [-0.25, -0.2) is 0 Å². The Morgan fingerprint density at radius 2 is 1.60 bits per heavy atom. The number of hydrogen-bond acceptors (Lipinski definition) is 2. The maximum Gasteiger partial charge on any atom is 0.471 e. The van der Waals surface area contributed by atoms with Crippen LogP contribution < -0.4 is 10.6 Å². The van der Waals surface area contributed by atoms with Crippen molar-refractivity contribution < 1.29 is 22.8 Å². The molecule has 0 aliphatic heterocycles. The van der Waals surface area contributed by atoms with E-state index in [4.69, 9.17) is 0 Å². The van der Waals surface area contributed by atoms with Gasteiger partial charge in [-0.15, -0.1) is 0 Å². The molecule has 0 fully saturated rings. The van der Waals surface area contributed by atoms with Gasteiger partial charge in [0.25, 0.3) is 0 Å². The van der Waals surface area contributed by atoms with Gasteiger partial charge < -0.3 is 10.6 Å². The summed E-state index contributed by atoms with van der Waals surface area (Å²) in [4.78, 5) is 22.8. The number of anilines is 2. The van der Waals surface area contributed by atoms with Crippen molar-refractivity contribution in [2.24, 2.45) is 0 Å². The smallest absolute Gasteiger partial charge is 0.322 e. The van der Waals surface area contributed by atoms with Crippen LogP contribution in [0.5, 0.6) is 0 Å². The Balaban J connectivity index is 2.03. The van der Waals surface area contributed by atoms with Crippen molar-refractivity contribution in [3.05, 3.63) is 64.6 Å². The van der Waals surface area contributed by atoms with Crippen LogP contribution in [0.25, 0.3) is 6.08 Å². The zero-order valence-electron chi connectivity index (χ0n) is 12.6. The summed E-state index contributed by atoms with van der Waals surface area (Å²) >= 11 is 3.35. The molecule has 0 heterocycles. The number of carbonyl (C=O) groups is 2. The van der Waals surface area contributed by atoms with Crippen LogP contribution in [0.15, 0.2) is 59.1 Å². The maximum atomic E-state index is 12.2. The second-order valence-corrected chi connectivity index (χ2v) is 5.73. The quantitative estimate of drug-likeness (QED) is 0.720. The molecule has 2 aromatic rings. The molecule has 0 unspecified atom stereocenters. The molecule has 2 aromatic carbocycles. The number of amides is 2. The van der Waals surface area contributed by atoms with Gasteiger partial charge in [0.2, 0.25) is 5.91 Å². The van der Waals surface area contributed by atoms with E-state index in [-0.39, 0.29) is 11.4 Å². The first-order valence-corrected chi connectivity index (χ1v) is 7.77. The van der Waals surface area contributed by atoms with Gasteiger partial charge in [0.15, 0.2) is 0 Å². The molecule has 0 atom stereocenters. The number of rotatable bonds is 4. The molecule has 2 N–H and O–H groups in total. The van der Waals surface area contributed by atoms with E-state index in [0.29, 0.717) is 0 Å². The van der Waals surface area contributed by atoms with Crippen molar-refractivity contribution in [3.63, 3.8) is 0 Å².